The van der Waals surface area contributed by atoms with Crippen LogP contribution in [0, 0.1) is 10.7 Å². The van der Waals surface area contributed by atoms with Crippen molar-refractivity contribution in [1.29, 1.82) is 0 Å². The minimum Gasteiger partial charge on any atom is -0.507 e. The van der Waals surface area contributed by atoms with Crippen LogP contribution in [0.25, 0.3) is 5.76 Å². The molecule has 4 N–H and O–H groups in total. The Morgan fingerprint density at radius 1 is 0.932 bits per heavy atom. The van der Waals surface area contributed by atoms with Crippen molar-refractivity contribution in [2.75, 3.05) is 12.4 Å². The monoisotopic (exact) mass is 953 g/mol. The average Bonchev–Trinajstić information content (AvgIpc) is 2.97. The van der Waals surface area contributed by atoms with Gasteiger partial charge in [0.1, 0.15) is 17.3 Å². The van der Waals surface area contributed by atoms with Gasteiger partial charge >= 0.3 is 5.97 Å². The summed E-state index contributed by atoms with van der Waals surface area (Å²) in [6.45, 7) is 0. The zero-order valence-corrected chi connectivity index (χ0v) is 29.8. The lowest BCUT2D eigenvalue weighted by atomic mass is 10.1. The Hall–Kier alpha value is -3.17. The average molecular weight is 953 g/mol. The summed E-state index contributed by atoms with van der Waals surface area (Å²) in [5, 5.41) is 31.2. The number of phenols is 1. The number of nitrogens with zero attached hydrogens (tertiary/aromatic N) is 2. The molecule has 4 aromatic rings. The van der Waals surface area contributed by atoms with Gasteiger partial charge < -0.3 is 25.4 Å². The quantitative estimate of drug-likeness (QED) is 0.165. The number of fused-ring (bicyclic) bond motifs is 1. The maximum Gasteiger partial charge on any atom is 0.307 e. The predicted molar refractivity (Wildman–Crippen MR) is 188 cm³/mol. The number of carboxylic acids is 1. The van der Waals surface area contributed by atoms with Gasteiger partial charge in [-0.2, -0.15) is 0 Å². The third-order valence-corrected chi connectivity index (χ3v) is 10.3. The van der Waals surface area contributed by atoms with E-state index < -0.39 is 27.7 Å². The number of pyridine rings is 1. The first-order chi connectivity index (χ1) is 20.8. The zero-order valence-electron chi connectivity index (χ0n) is 22.5. The van der Waals surface area contributed by atoms with Gasteiger partial charge in [-0.05, 0) is 128 Å². The summed E-state index contributed by atoms with van der Waals surface area (Å²) in [6, 6.07) is 19.5. The fourth-order valence-electron chi connectivity index (χ4n) is 3.95. The van der Waals surface area contributed by atoms with Gasteiger partial charge in [-0.25, -0.2) is 13.4 Å². The van der Waals surface area contributed by atoms with E-state index in [0.717, 1.165) is 17.0 Å². The highest BCUT2D eigenvalue weighted by atomic mass is 127. The molecule has 0 radical (unpaired) electrons. The second kappa shape index (κ2) is 14.3. The number of carbonyl (C=O) groups excluding carboxylic acids is 1. The van der Waals surface area contributed by atoms with Crippen LogP contribution in [-0.2, 0) is 26.0 Å². The largest absolute Gasteiger partial charge is 0.507 e. The van der Waals surface area contributed by atoms with Crippen molar-refractivity contribution in [2.24, 2.45) is 0 Å². The highest BCUT2D eigenvalue weighted by Crippen LogP contribution is 2.36. The summed E-state index contributed by atoms with van der Waals surface area (Å²) >= 11 is 6.28. The fraction of sp³-hybridized carbons (Fsp3) is 0.0690. The molecule has 0 saturated heterocycles. The minimum atomic E-state index is -3.91. The number of sulfonamides is 1. The molecule has 1 aliphatic heterocycles. The van der Waals surface area contributed by atoms with Crippen molar-refractivity contribution < 1.29 is 38.1 Å². The molecule has 2 heterocycles. The van der Waals surface area contributed by atoms with Gasteiger partial charge in [0.15, 0.2) is 17.2 Å². The Balaban J connectivity index is 0.000000202. The van der Waals surface area contributed by atoms with E-state index in [-0.39, 0.29) is 34.1 Å². The standard InChI is InChI=1S/C15H13N3O4S.C14H9I3O4/c1-18-13(15(20)17-12-8-4-5-9-16-12)14(19)10-6-2-3-7-11(10)23(18,21)22;15-9-6-8(1-2-12(9)18)21-14-10(16)3-7(4-11(14)17)5-13(19)20/h2-9,19H,1H3,(H,16,17,20);1-4,6,18H,5H2,(H,19,20). The lowest BCUT2D eigenvalue weighted by molar-refractivity contribution is -0.136. The maximum absolute atomic E-state index is 12.5. The number of benzene rings is 3. The molecule has 0 unspecified atom stereocenters. The lowest BCUT2D eigenvalue weighted by Gasteiger charge is -2.28. The number of aromatic hydroxyl groups is 1. The molecule has 3 aromatic carbocycles. The number of carboxylic acid groups (broad SMARTS) is 1. The second-order valence-electron chi connectivity index (χ2n) is 9.01. The van der Waals surface area contributed by atoms with Gasteiger partial charge in [0.25, 0.3) is 15.9 Å². The maximum atomic E-state index is 12.5. The number of rotatable bonds is 6. The number of aromatic nitrogens is 1. The van der Waals surface area contributed by atoms with Gasteiger partial charge in [-0.3, -0.25) is 13.9 Å². The summed E-state index contributed by atoms with van der Waals surface area (Å²) in [5.74, 6) is -0.242. The summed E-state index contributed by atoms with van der Waals surface area (Å²) in [7, 11) is -2.69. The molecule has 1 amide bonds. The third kappa shape index (κ3) is 7.72. The first kappa shape index (κ1) is 33.7. The summed E-state index contributed by atoms with van der Waals surface area (Å²) in [6.07, 6.45) is 1.48. The number of carbonyl (C=O) groups is 2. The SMILES string of the molecule is CN1C(C(=O)Nc2ccccn2)=C(O)c2ccccc2S1(=O)=O.O=C(O)Cc1cc(I)c(Oc2ccc(O)c(I)c2)c(I)c1. The lowest BCUT2D eigenvalue weighted by Crippen LogP contribution is -2.37. The molecule has 0 bridgehead atoms. The molecule has 5 rings (SSSR count). The van der Waals surface area contributed by atoms with E-state index in [1.807, 2.05) is 22.6 Å². The number of phenolic OH excluding ortho intramolecular Hbond substituents is 1. The smallest absolute Gasteiger partial charge is 0.307 e. The molecular weight excluding hydrogens is 931 g/mol. The molecule has 0 aliphatic carbocycles. The number of anilines is 1. The van der Waals surface area contributed by atoms with Crippen molar-refractivity contribution in [3.8, 4) is 17.2 Å². The summed E-state index contributed by atoms with van der Waals surface area (Å²) in [5.41, 5.74) is 0.482. The van der Waals surface area contributed by atoms with E-state index in [9.17, 15) is 28.2 Å². The van der Waals surface area contributed by atoms with E-state index in [1.54, 1.807) is 60.7 Å². The van der Waals surface area contributed by atoms with E-state index in [0.29, 0.717) is 15.1 Å². The van der Waals surface area contributed by atoms with Crippen LogP contribution >= 0.6 is 67.8 Å². The van der Waals surface area contributed by atoms with Crippen LogP contribution in [0.4, 0.5) is 5.82 Å². The number of hydrogen-bond donors (Lipinski definition) is 4. The molecule has 1 aromatic heterocycles. The van der Waals surface area contributed by atoms with Crippen LogP contribution < -0.4 is 10.1 Å². The first-order valence-corrected chi connectivity index (χ1v) is 17.1. The summed E-state index contributed by atoms with van der Waals surface area (Å²) < 4.78 is 34.0. The Labute approximate surface area is 293 Å². The number of halogens is 3. The van der Waals surface area contributed by atoms with Crippen molar-refractivity contribution in [3.63, 3.8) is 0 Å². The van der Waals surface area contributed by atoms with Crippen LogP contribution in [0.3, 0.4) is 0 Å². The van der Waals surface area contributed by atoms with Crippen molar-refractivity contribution in [3.05, 3.63) is 107 Å². The van der Waals surface area contributed by atoms with Gasteiger partial charge in [0.05, 0.1) is 22.0 Å². The van der Waals surface area contributed by atoms with Gasteiger partial charge in [-0.15, -0.1) is 0 Å². The Morgan fingerprint density at radius 2 is 1.59 bits per heavy atom. The van der Waals surface area contributed by atoms with Crippen LogP contribution in [-0.4, -0.2) is 52.0 Å². The highest BCUT2D eigenvalue weighted by molar-refractivity contribution is 14.1. The molecule has 0 saturated carbocycles. The molecule has 0 fully saturated rings. The molecule has 15 heteroatoms. The number of aliphatic hydroxyl groups is 1. The molecule has 0 spiro atoms. The normalized spacial score (nSPS) is 13.3. The third-order valence-electron chi connectivity index (χ3n) is 5.99. The topological polar surface area (TPSA) is 166 Å². The first-order valence-electron chi connectivity index (χ1n) is 12.4. The Morgan fingerprint density at radius 3 is 2.20 bits per heavy atom. The fourth-order valence-corrected chi connectivity index (χ4v) is 7.95. The number of ether oxygens (including phenoxy) is 1. The molecule has 0 atom stereocenters. The van der Waals surface area contributed by atoms with Gasteiger partial charge in [0.2, 0.25) is 0 Å². The van der Waals surface area contributed by atoms with Crippen molar-refractivity contribution in [2.45, 2.75) is 11.3 Å². The molecule has 228 valence electrons. The zero-order chi connectivity index (χ0) is 32.2. The van der Waals surface area contributed by atoms with E-state index in [4.69, 9.17) is 9.84 Å². The van der Waals surface area contributed by atoms with Crippen LogP contribution in [0.1, 0.15) is 11.1 Å². The van der Waals surface area contributed by atoms with Crippen LogP contribution in [0.15, 0.2) is 89.6 Å². The number of likely N-dealkylation sites (N-methyl/N-ethyl adjacent to an activating group) is 1. The molecule has 44 heavy (non-hydrogen) atoms. The summed E-state index contributed by atoms with van der Waals surface area (Å²) in [4.78, 5) is 27.1. The predicted octanol–water partition coefficient (Wildman–Crippen LogP) is 6.21. The molecule has 11 nitrogen and oxygen atoms in total. The number of hydrogen-bond acceptors (Lipinski definition) is 8. The van der Waals surface area contributed by atoms with Crippen molar-refractivity contribution in [1.82, 2.24) is 9.29 Å². The number of nitrogens with one attached hydrogen (secondary N) is 1. The van der Waals surface area contributed by atoms with Crippen LogP contribution in [0.5, 0.6) is 17.2 Å². The number of amides is 1. The Kier molecular flexibility index (Phi) is 10.9. The van der Waals surface area contributed by atoms with E-state index >= 15 is 0 Å². The number of aliphatic carboxylic acids is 1. The van der Waals surface area contributed by atoms with E-state index in [2.05, 4.69) is 55.5 Å². The van der Waals surface area contributed by atoms with Gasteiger partial charge in [0, 0.05) is 18.8 Å². The minimum absolute atomic E-state index is 0.0105. The van der Waals surface area contributed by atoms with Gasteiger partial charge in [-0.1, -0.05) is 18.2 Å². The van der Waals surface area contributed by atoms with Crippen molar-refractivity contribution >= 4 is 101 Å². The molecular formula is C29H22I3N3O8S. The van der Waals surface area contributed by atoms with E-state index in [1.165, 1.54) is 25.4 Å². The highest BCUT2D eigenvalue weighted by Gasteiger charge is 2.37. The second-order valence-corrected chi connectivity index (χ2v) is 14.4. The molecule has 1 aliphatic rings. The van der Waals surface area contributed by atoms with Crippen LogP contribution in [0.2, 0.25) is 0 Å². The number of aliphatic hydroxyl groups excluding tert-OH is 1. The Bertz CT molecular complexity index is 1860.